The zero-order valence-electron chi connectivity index (χ0n) is 17.1. The van der Waals surface area contributed by atoms with Crippen LogP contribution in [0, 0.1) is 5.41 Å². The molecule has 0 amide bonds. The third kappa shape index (κ3) is 6.52. The molecule has 0 aromatic heterocycles. The van der Waals surface area contributed by atoms with Crippen LogP contribution in [0.3, 0.4) is 0 Å². The van der Waals surface area contributed by atoms with Crippen molar-refractivity contribution in [3.63, 3.8) is 0 Å². The van der Waals surface area contributed by atoms with Crippen molar-refractivity contribution in [1.29, 1.82) is 0 Å². The zero-order chi connectivity index (χ0) is 18.1. The third-order valence-corrected chi connectivity index (χ3v) is 10.4. The van der Waals surface area contributed by atoms with E-state index in [0.29, 0.717) is 6.10 Å². The fourth-order valence-corrected chi connectivity index (χ4v) is 8.89. The van der Waals surface area contributed by atoms with E-state index in [1.165, 1.54) is 75.1 Å². The lowest BCUT2D eigenvalue weighted by Gasteiger charge is -2.40. The van der Waals surface area contributed by atoms with E-state index in [4.69, 9.17) is 4.43 Å². The average Bonchev–Trinajstić information content (AvgIpc) is 2.57. The fourth-order valence-electron chi connectivity index (χ4n) is 3.96. The summed E-state index contributed by atoms with van der Waals surface area (Å²) in [6, 6.07) is 4.09. The molecule has 140 valence electrons. The summed E-state index contributed by atoms with van der Waals surface area (Å²) in [5.74, 6) is 0. The van der Waals surface area contributed by atoms with Crippen LogP contribution < -0.4 is 0 Å². The number of hydrogen-bond acceptors (Lipinski definition) is 1. The monoisotopic (exact) mass is 350 g/mol. The van der Waals surface area contributed by atoms with Gasteiger partial charge in [-0.15, -0.1) is 0 Å². The van der Waals surface area contributed by atoms with E-state index in [1.807, 2.05) is 0 Å². The van der Waals surface area contributed by atoms with Crippen LogP contribution >= 0.6 is 0 Å². The molecule has 1 atom stereocenters. The second-order valence-electron chi connectivity index (χ2n) is 8.40. The molecule has 1 rings (SSSR count). The number of hydrogen-bond donors (Lipinski definition) is 0. The molecular weight excluding hydrogens is 308 g/mol. The number of allylic oxidation sites excluding steroid dienone is 2. The summed E-state index contributed by atoms with van der Waals surface area (Å²) in [5.41, 5.74) is 1.66. The highest BCUT2D eigenvalue weighted by Crippen LogP contribution is 2.40. The van der Waals surface area contributed by atoms with Gasteiger partial charge in [0.1, 0.15) is 0 Å². The van der Waals surface area contributed by atoms with Crippen molar-refractivity contribution in [2.24, 2.45) is 5.41 Å². The van der Waals surface area contributed by atoms with Crippen LogP contribution in [-0.4, -0.2) is 14.4 Å². The predicted molar refractivity (Wildman–Crippen MR) is 111 cm³/mol. The molecule has 1 aliphatic rings. The van der Waals surface area contributed by atoms with Crippen molar-refractivity contribution in [3.8, 4) is 0 Å². The molecule has 0 spiro atoms. The van der Waals surface area contributed by atoms with Crippen molar-refractivity contribution in [2.75, 3.05) is 0 Å². The molecule has 0 saturated heterocycles. The predicted octanol–water partition coefficient (Wildman–Crippen LogP) is 7.65. The van der Waals surface area contributed by atoms with Crippen molar-refractivity contribution in [1.82, 2.24) is 0 Å². The van der Waals surface area contributed by atoms with Crippen LogP contribution in [0.15, 0.2) is 24.3 Å². The Kier molecular flexibility index (Phi) is 9.59. The highest BCUT2D eigenvalue weighted by atomic mass is 28.4. The van der Waals surface area contributed by atoms with Gasteiger partial charge in [-0.1, -0.05) is 91.9 Å². The van der Waals surface area contributed by atoms with Crippen LogP contribution in [-0.2, 0) is 4.43 Å². The smallest absolute Gasteiger partial charge is 0.193 e. The SMILES string of the molecule is C=CC1=CC(O[Si](CCCC)(CCCC)CCCC)CCC1(C)C. The van der Waals surface area contributed by atoms with Crippen molar-refractivity contribution in [3.05, 3.63) is 24.3 Å². The molecule has 0 aromatic carbocycles. The minimum atomic E-state index is -1.61. The third-order valence-electron chi connectivity index (χ3n) is 5.78. The normalized spacial score (nSPS) is 20.7. The van der Waals surface area contributed by atoms with E-state index in [9.17, 15) is 0 Å². The molecule has 2 heteroatoms. The molecule has 1 aliphatic carbocycles. The first-order valence-corrected chi connectivity index (χ1v) is 13.0. The molecule has 24 heavy (non-hydrogen) atoms. The summed E-state index contributed by atoms with van der Waals surface area (Å²) in [7, 11) is -1.61. The Balaban J connectivity index is 2.94. The maximum Gasteiger partial charge on any atom is 0.193 e. The number of unbranched alkanes of at least 4 members (excludes halogenated alkanes) is 3. The van der Waals surface area contributed by atoms with Crippen molar-refractivity contribution in [2.45, 2.75) is 110 Å². The Labute approximate surface area is 153 Å². The molecule has 0 radical (unpaired) electrons. The summed E-state index contributed by atoms with van der Waals surface area (Å²) < 4.78 is 7.03. The fraction of sp³-hybridized carbons (Fsp3) is 0.818. The van der Waals surface area contributed by atoms with E-state index < -0.39 is 8.32 Å². The van der Waals surface area contributed by atoms with Gasteiger partial charge >= 0.3 is 0 Å². The van der Waals surface area contributed by atoms with Gasteiger partial charge in [-0.25, -0.2) is 0 Å². The molecule has 0 saturated carbocycles. The van der Waals surface area contributed by atoms with Crippen LogP contribution in [0.5, 0.6) is 0 Å². The molecule has 0 N–H and O–H groups in total. The number of rotatable bonds is 12. The van der Waals surface area contributed by atoms with Gasteiger partial charge in [-0.3, -0.25) is 0 Å². The molecule has 0 aromatic rings. The van der Waals surface area contributed by atoms with Gasteiger partial charge in [0.25, 0.3) is 0 Å². The van der Waals surface area contributed by atoms with Crippen LogP contribution in [0.2, 0.25) is 18.1 Å². The van der Waals surface area contributed by atoms with Crippen LogP contribution in [0.25, 0.3) is 0 Å². The Morgan fingerprint density at radius 1 is 1.08 bits per heavy atom. The first-order chi connectivity index (χ1) is 11.4. The molecule has 0 fully saturated rings. The first-order valence-electron chi connectivity index (χ1n) is 10.5. The minimum Gasteiger partial charge on any atom is -0.411 e. The Morgan fingerprint density at radius 2 is 1.58 bits per heavy atom. The van der Waals surface area contributed by atoms with Gasteiger partial charge in [-0.05, 0) is 42.0 Å². The van der Waals surface area contributed by atoms with Crippen molar-refractivity contribution < 1.29 is 4.43 Å². The van der Waals surface area contributed by atoms with Crippen molar-refractivity contribution >= 4 is 8.32 Å². The van der Waals surface area contributed by atoms with Crippen LogP contribution in [0.4, 0.5) is 0 Å². The second-order valence-corrected chi connectivity index (χ2v) is 12.5. The molecular formula is C22H42OSi. The van der Waals surface area contributed by atoms with Gasteiger partial charge in [0.15, 0.2) is 8.32 Å². The Bertz CT molecular complexity index is 375. The topological polar surface area (TPSA) is 9.23 Å². The first kappa shape index (κ1) is 21.7. The van der Waals surface area contributed by atoms with E-state index in [1.54, 1.807) is 0 Å². The lowest BCUT2D eigenvalue weighted by Crippen LogP contribution is -2.42. The molecule has 1 nitrogen and oxygen atoms in total. The Hall–Kier alpha value is -0.343. The highest BCUT2D eigenvalue weighted by molar-refractivity contribution is 6.73. The van der Waals surface area contributed by atoms with Gasteiger partial charge in [0.2, 0.25) is 0 Å². The van der Waals surface area contributed by atoms with Crippen LogP contribution in [0.1, 0.15) is 86.0 Å². The van der Waals surface area contributed by atoms with Gasteiger partial charge in [0, 0.05) is 0 Å². The maximum absolute atomic E-state index is 7.03. The standard InChI is InChI=1S/C22H42OSi/c1-7-11-16-24(17-12-8-2,18-13-9-3)23-21-14-15-22(5,6)20(10-4)19-21/h10,19,21H,4,7-9,11-18H2,1-3,5-6H3. The molecule has 1 unspecified atom stereocenters. The molecule has 0 heterocycles. The van der Waals surface area contributed by atoms with E-state index in [-0.39, 0.29) is 5.41 Å². The largest absolute Gasteiger partial charge is 0.411 e. The van der Waals surface area contributed by atoms with Gasteiger partial charge in [-0.2, -0.15) is 0 Å². The zero-order valence-corrected chi connectivity index (χ0v) is 18.1. The molecule has 0 bridgehead atoms. The van der Waals surface area contributed by atoms with E-state index >= 15 is 0 Å². The highest BCUT2D eigenvalue weighted by Gasteiger charge is 2.37. The quantitative estimate of drug-likeness (QED) is 0.328. The summed E-state index contributed by atoms with van der Waals surface area (Å²) in [5, 5.41) is 0. The summed E-state index contributed by atoms with van der Waals surface area (Å²) in [6.07, 6.45) is 15.1. The minimum absolute atomic E-state index is 0.266. The van der Waals surface area contributed by atoms with Gasteiger partial charge < -0.3 is 4.43 Å². The average molecular weight is 351 g/mol. The lowest BCUT2D eigenvalue weighted by molar-refractivity contribution is 0.183. The second kappa shape index (κ2) is 10.6. The Morgan fingerprint density at radius 3 is 2.00 bits per heavy atom. The van der Waals surface area contributed by atoms with Gasteiger partial charge in [0.05, 0.1) is 6.10 Å². The maximum atomic E-state index is 7.03. The van der Waals surface area contributed by atoms with E-state index in [0.717, 1.165) is 0 Å². The summed E-state index contributed by atoms with van der Waals surface area (Å²) >= 11 is 0. The summed E-state index contributed by atoms with van der Waals surface area (Å²) in [4.78, 5) is 0. The van der Waals surface area contributed by atoms with E-state index in [2.05, 4.69) is 53.3 Å². The lowest BCUT2D eigenvalue weighted by atomic mass is 9.75. The summed E-state index contributed by atoms with van der Waals surface area (Å²) in [6.45, 7) is 15.7. The molecule has 0 aliphatic heterocycles.